The lowest BCUT2D eigenvalue weighted by molar-refractivity contribution is -0.291. The largest absolute Gasteiger partial charge is 0.459 e. The first kappa shape index (κ1) is 23.3. The number of nitrogens with zero attached hydrogens (tertiary/aromatic N) is 6. The molecule has 0 spiro atoms. The van der Waals surface area contributed by atoms with E-state index in [9.17, 15) is 31.1 Å². The summed E-state index contributed by atoms with van der Waals surface area (Å²) in [4.78, 5) is 18.1. The molecule has 1 aromatic carbocycles. The van der Waals surface area contributed by atoms with Crippen LogP contribution in [0.4, 0.5) is 26.3 Å². The van der Waals surface area contributed by atoms with Crippen LogP contribution in [-0.4, -0.2) is 48.4 Å². The molecule has 4 rings (SSSR count). The van der Waals surface area contributed by atoms with Crippen LogP contribution in [0.2, 0.25) is 0 Å². The molecule has 7 nitrogen and oxygen atoms in total. The average Bonchev–Trinajstić information content (AvgIpc) is 3.37. The molecule has 0 aliphatic carbocycles. The Balaban J connectivity index is 1.81. The normalized spacial score (nSPS) is 12.4. The second-order valence-corrected chi connectivity index (χ2v) is 7.55. The van der Waals surface area contributed by atoms with Gasteiger partial charge >= 0.3 is 12.1 Å². The fourth-order valence-electron chi connectivity index (χ4n) is 3.27. The van der Waals surface area contributed by atoms with Crippen molar-refractivity contribution < 1.29 is 31.1 Å². The van der Waals surface area contributed by atoms with Gasteiger partial charge in [0.05, 0.1) is 17.9 Å². The number of benzene rings is 1. The summed E-state index contributed by atoms with van der Waals surface area (Å²) in [7, 11) is 3.09. The molecule has 0 bridgehead atoms. The highest BCUT2D eigenvalue weighted by Gasteiger charge is 2.60. The van der Waals surface area contributed by atoms with Gasteiger partial charge in [0.15, 0.2) is 11.3 Å². The highest BCUT2D eigenvalue weighted by Crippen LogP contribution is 2.44. The zero-order valence-electron chi connectivity index (χ0n) is 17.7. The summed E-state index contributed by atoms with van der Waals surface area (Å²) in [6.45, 7) is 0.0490. The third-order valence-corrected chi connectivity index (χ3v) is 4.98. The Hall–Kier alpha value is -3.90. The van der Waals surface area contributed by atoms with E-state index in [1.165, 1.54) is 28.8 Å². The highest BCUT2D eigenvalue weighted by atomic mass is 19.4. The molecule has 0 aliphatic rings. The summed E-state index contributed by atoms with van der Waals surface area (Å²) >= 11 is 0. The first-order valence-electron chi connectivity index (χ1n) is 9.72. The lowest BCUT2D eigenvalue weighted by Crippen LogP contribution is -2.36. The number of alkyl halides is 5. The van der Waals surface area contributed by atoms with Crippen LogP contribution in [0.1, 0.15) is 21.9 Å². The number of rotatable bonds is 5. The SMILES string of the molecule is CN(Cc1ccn(C)n1)C(=O)c1cc2nc(-c3ccc(F)cc3)cc(C(F)(F)C(F)(F)F)n2n1. The van der Waals surface area contributed by atoms with Crippen LogP contribution in [0.15, 0.2) is 48.7 Å². The van der Waals surface area contributed by atoms with Crippen molar-refractivity contribution in [2.24, 2.45) is 7.05 Å². The standard InChI is InChI=1S/C21H16F6N6O/c1-31(11-14-7-8-32(2)29-14)19(34)16-10-18-28-15(12-3-5-13(22)6-4-12)9-17(33(18)30-16)20(23,24)21(25,26)27/h3-10H,11H2,1-2H3. The van der Waals surface area contributed by atoms with E-state index in [2.05, 4.69) is 15.2 Å². The van der Waals surface area contributed by atoms with Gasteiger partial charge in [-0.1, -0.05) is 0 Å². The average molecular weight is 482 g/mol. The van der Waals surface area contributed by atoms with E-state index in [1.54, 1.807) is 19.3 Å². The van der Waals surface area contributed by atoms with Crippen LogP contribution < -0.4 is 0 Å². The Bertz CT molecular complexity index is 1360. The number of aromatic nitrogens is 5. The fraction of sp³-hybridized carbons (Fsp3) is 0.238. The van der Waals surface area contributed by atoms with Gasteiger partial charge in [0.25, 0.3) is 5.91 Å². The molecule has 178 valence electrons. The summed E-state index contributed by atoms with van der Waals surface area (Å²) in [5, 5.41) is 7.83. The number of fused-ring (bicyclic) bond motifs is 1. The lowest BCUT2D eigenvalue weighted by Gasteiger charge is -2.21. The van der Waals surface area contributed by atoms with E-state index in [1.807, 2.05) is 0 Å². The first-order valence-corrected chi connectivity index (χ1v) is 9.72. The van der Waals surface area contributed by atoms with Gasteiger partial charge in [-0.2, -0.15) is 32.1 Å². The second kappa shape index (κ2) is 8.15. The maximum Gasteiger partial charge on any atom is 0.459 e. The molecule has 13 heteroatoms. The molecule has 4 aromatic rings. The number of amides is 1. The van der Waals surface area contributed by atoms with Gasteiger partial charge in [0, 0.05) is 31.9 Å². The van der Waals surface area contributed by atoms with Gasteiger partial charge in [-0.05, 0) is 36.4 Å². The molecule has 0 saturated carbocycles. The molecular weight excluding hydrogens is 466 g/mol. The van der Waals surface area contributed by atoms with Crippen LogP contribution in [0.5, 0.6) is 0 Å². The minimum Gasteiger partial charge on any atom is -0.334 e. The van der Waals surface area contributed by atoms with Gasteiger partial charge in [-0.25, -0.2) is 13.9 Å². The van der Waals surface area contributed by atoms with E-state index >= 15 is 0 Å². The summed E-state index contributed by atoms with van der Waals surface area (Å²) < 4.78 is 83.6. The Morgan fingerprint density at radius 1 is 1.03 bits per heavy atom. The Morgan fingerprint density at radius 3 is 2.29 bits per heavy atom. The van der Waals surface area contributed by atoms with Crippen molar-refractivity contribution in [2.75, 3.05) is 7.05 Å². The molecule has 0 N–H and O–H groups in total. The molecule has 0 unspecified atom stereocenters. The highest BCUT2D eigenvalue weighted by molar-refractivity contribution is 5.93. The monoisotopic (exact) mass is 482 g/mol. The molecule has 3 aromatic heterocycles. The van der Waals surface area contributed by atoms with Crippen LogP contribution in [-0.2, 0) is 19.5 Å². The van der Waals surface area contributed by atoms with Gasteiger partial charge in [0.2, 0.25) is 0 Å². The topological polar surface area (TPSA) is 68.3 Å². The van der Waals surface area contributed by atoms with Crippen molar-refractivity contribution in [3.05, 3.63) is 71.6 Å². The second-order valence-electron chi connectivity index (χ2n) is 7.55. The smallest absolute Gasteiger partial charge is 0.334 e. The van der Waals surface area contributed by atoms with E-state index in [-0.39, 0.29) is 23.5 Å². The molecule has 34 heavy (non-hydrogen) atoms. The van der Waals surface area contributed by atoms with Crippen molar-refractivity contribution in [3.8, 4) is 11.3 Å². The predicted molar refractivity (Wildman–Crippen MR) is 107 cm³/mol. The molecular formula is C21H16F6N6O. The van der Waals surface area contributed by atoms with Gasteiger partial charge in [0.1, 0.15) is 11.5 Å². The quantitative estimate of drug-likeness (QED) is 0.400. The van der Waals surface area contributed by atoms with Crippen molar-refractivity contribution in [3.63, 3.8) is 0 Å². The summed E-state index contributed by atoms with van der Waals surface area (Å²) in [5.74, 6) is -6.67. The van der Waals surface area contributed by atoms with Crippen LogP contribution >= 0.6 is 0 Å². The first-order chi connectivity index (χ1) is 15.9. The van der Waals surface area contributed by atoms with Gasteiger partial charge in [-0.15, -0.1) is 0 Å². The maximum atomic E-state index is 14.4. The maximum absolute atomic E-state index is 14.4. The summed E-state index contributed by atoms with van der Waals surface area (Å²) in [5.41, 5.74) is -1.97. The van der Waals surface area contributed by atoms with Crippen molar-refractivity contribution in [1.29, 1.82) is 0 Å². The molecule has 0 radical (unpaired) electrons. The number of carbonyl (C=O) groups is 1. The molecule has 1 amide bonds. The van der Waals surface area contributed by atoms with Crippen molar-refractivity contribution in [2.45, 2.75) is 18.6 Å². The third kappa shape index (κ3) is 4.20. The van der Waals surface area contributed by atoms with Crippen LogP contribution in [0.25, 0.3) is 16.9 Å². The van der Waals surface area contributed by atoms with E-state index in [0.29, 0.717) is 16.3 Å². The number of carbonyl (C=O) groups excluding carboxylic acids is 1. The Morgan fingerprint density at radius 2 is 1.71 bits per heavy atom. The fourth-order valence-corrected chi connectivity index (χ4v) is 3.27. The molecule has 3 heterocycles. The number of halogens is 6. The van der Waals surface area contributed by atoms with E-state index in [4.69, 9.17) is 0 Å². The Kier molecular flexibility index (Phi) is 5.58. The van der Waals surface area contributed by atoms with Crippen molar-refractivity contribution in [1.82, 2.24) is 29.3 Å². The molecule has 0 aliphatic heterocycles. The molecule has 0 saturated heterocycles. The lowest BCUT2D eigenvalue weighted by atomic mass is 10.1. The zero-order valence-corrected chi connectivity index (χ0v) is 17.7. The van der Waals surface area contributed by atoms with Gasteiger partial charge < -0.3 is 4.90 Å². The third-order valence-electron chi connectivity index (χ3n) is 4.98. The van der Waals surface area contributed by atoms with Crippen LogP contribution in [0, 0.1) is 5.82 Å². The minimum absolute atomic E-state index is 0.0490. The van der Waals surface area contributed by atoms with Gasteiger partial charge in [-0.3, -0.25) is 9.48 Å². The molecule has 0 fully saturated rings. The predicted octanol–water partition coefficient (Wildman–Crippen LogP) is 4.20. The Labute approximate surface area is 188 Å². The summed E-state index contributed by atoms with van der Waals surface area (Å²) in [6.07, 6.45) is -4.28. The number of aryl methyl sites for hydroxylation is 1. The number of hydrogen-bond acceptors (Lipinski definition) is 4. The summed E-state index contributed by atoms with van der Waals surface area (Å²) in [6, 6.07) is 7.60. The number of hydrogen-bond donors (Lipinski definition) is 0. The van der Waals surface area contributed by atoms with E-state index in [0.717, 1.165) is 18.2 Å². The minimum atomic E-state index is -5.94. The van der Waals surface area contributed by atoms with E-state index < -0.39 is 35.2 Å². The zero-order chi connectivity index (χ0) is 24.8. The molecule has 0 atom stereocenters. The van der Waals surface area contributed by atoms with Crippen molar-refractivity contribution >= 4 is 11.6 Å². The van der Waals surface area contributed by atoms with Crippen LogP contribution in [0.3, 0.4) is 0 Å².